The van der Waals surface area contributed by atoms with E-state index in [4.69, 9.17) is 4.74 Å². The van der Waals surface area contributed by atoms with Crippen molar-refractivity contribution in [3.8, 4) is 6.07 Å². The molecule has 0 unspecified atom stereocenters. The predicted octanol–water partition coefficient (Wildman–Crippen LogP) is 2.15. The van der Waals surface area contributed by atoms with E-state index in [0.29, 0.717) is 43.2 Å². The molecule has 0 aliphatic carbocycles. The summed E-state index contributed by atoms with van der Waals surface area (Å²) in [4.78, 5) is 30.4. The first kappa shape index (κ1) is 19.1. The summed E-state index contributed by atoms with van der Waals surface area (Å²) in [6.45, 7) is 2.81. The van der Waals surface area contributed by atoms with Gasteiger partial charge in [-0.25, -0.2) is 19.7 Å². The van der Waals surface area contributed by atoms with Gasteiger partial charge in [0.1, 0.15) is 17.4 Å². The quantitative estimate of drug-likeness (QED) is 0.539. The minimum Gasteiger partial charge on any atom is -0.381 e. The first-order chi connectivity index (χ1) is 15.0. The summed E-state index contributed by atoms with van der Waals surface area (Å²) in [5, 5.41) is 14.1. The van der Waals surface area contributed by atoms with Crippen LogP contribution in [-0.4, -0.2) is 42.3 Å². The number of nitrogens with one attached hydrogen (secondary N) is 1. The molecule has 0 saturated carbocycles. The van der Waals surface area contributed by atoms with E-state index in [-0.39, 0.29) is 5.69 Å². The molecule has 3 aromatic heterocycles. The van der Waals surface area contributed by atoms with Crippen molar-refractivity contribution in [3.63, 3.8) is 0 Å². The highest BCUT2D eigenvalue weighted by Crippen LogP contribution is 2.31. The number of fused-ring (bicyclic) bond motifs is 2. The maximum absolute atomic E-state index is 13.1. The summed E-state index contributed by atoms with van der Waals surface area (Å²) in [6, 6.07) is 6.25. The zero-order valence-electron chi connectivity index (χ0n) is 17.2. The number of benzene rings is 1. The van der Waals surface area contributed by atoms with Crippen LogP contribution >= 0.6 is 0 Å². The summed E-state index contributed by atoms with van der Waals surface area (Å²) in [5.41, 5.74) is 2.35. The van der Waals surface area contributed by atoms with Crippen LogP contribution in [0.5, 0.6) is 0 Å². The minimum atomic E-state index is -0.989. The van der Waals surface area contributed by atoms with E-state index >= 15 is 0 Å². The molecule has 5 rings (SSSR count). The Bertz CT molecular complexity index is 1410. The monoisotopic (exact) mass is 416 g/mol. The van der Waals surface area contributed by atoms with Gasteiger partial charge in [0.05, 0.1) is 17.8 Å². The van der Waals surface area contributed by atoms with Crippen LogP contribution in [0.1, 0.15) is 18.4 Å². The molecule has 31 heavy (non-hydrogen) atoms. The molecule has 1 aliphatic rings. The smallest absolute Gasteiger partial charge is 0.331 e. The first-order valence-electron chi connectivity index (χ1n) is 9.94. The molecule has 4 aromatic rings. The Morgan fingerprint density at radius 1 is 1.23 bits per heavy atom. The topological polar surface area (TPSA) is 124 Å². The van der Waals surface area contributed by atoms with Gasteiger partial charge in [0.15, 0.2) is 5.65 Å². The van der Waals surface area contributed by atoms with Crippen LogP contribution in [0.4, 0.5) is 11.6 Å². The standard InChI is InChI=1S/C21H20N8O2/c1-13-7-16-14(9-23-12-25-16)8-15(13)26-19-24-10-17-18(27-19)29(20(30)28(17)2)21(11-22)3-5-31-6-4-21/h7-10,12H,3-6H2,1-2H3,(H,24,26,27). The molecule has 1 N–H and O–H groups in total. The molecule has 1 aromatic carbocycles. The van der Waals surface area contributed by atoms with Gasteiger partial charge in [-0.3, -0.25) is 9.13 Å². The number of anilines is 2. The molecule has 0 amide bonds. The molecule has 4 heterocycles. The molecule has 1 saturated heterocycles. The second kappa shape index (κ2) is 7.14. The summed E-state index contributed by atoms with van der Waals surface area (Å²) < 4.78 is 8.41. The van der Waals surface area contributed by atoms with Crippen molar-refractivity contribution in [2.45, 2.75) is 25.3 Å². The van der Waals surface area contributed by atoms with Gasteiger partial charge in [-0.15, -0.1) is 0 Å². The van der Waals surface area contributed by atoms with Gasteiger partial charge in [0.25, 0.3) is 0 Å². The van der Waals surface area contributed by atoms with Crippen molar-refractivity contribution in [1.29, 1.82) is 5.26 Å². The maximum Gasteiger partial charge on any atom is 0.331 e. The van der Waals surface area contributed by atoms with E-state index < -0.39 is 5.54 Å². The lowest BCUT2D eigenvalue weighted by Crippen LogP contribution is -2.44. The van der Waals surface area contributed by atoms with Crippen LogP contribution in [-0.2, 0) is 17.3 Å². The van der Waals surface area contributed by atoms with Crippen LogP contribution in [0.3, 0.4) is 0 Å². The van der Waals surface area contributed by atoms with Gasteiger partial charge in [-0.05, 0) is 24.6 Å². The number of aromatic nitrogens is 6. The normalized spacial score (nSPS) is 15.8. The summed E-state index contributed by atoms with van der Waals surface area (Å²) in [5.74, 6) is 0.339. The number of imidazole rings is 1. The van der Waals surface area contributed by atoms with Crippen LogP contribution in [0.15, 0.2) is 35.6 Å². The molecule has 1 aliphatic heterocycles. The Morgan fingerprint density at radius 3 is 2.81 bits per heavy atom. The van der Waals surface area contributed by atoms with Crippen molar-refractivity contribution in [1.82, 2.24) is 29.1 Å². The van der Waals surface area contributed by atoms with Crippen molar-refractivity contribution in [3.05, 3.63) is 46.9 Å². The zero-order chi connectivity index (χ0) is 21.6. The van der Waals surface area contributed by atoms with Crippen LogP contribution in [0, 0.1) is 18.3 Å². The maximum atomic E-state index is 13.1. The average molecular weight is 416 g/mol. The van der Waals surface area contributed by atoms with Gasteiger partial charge in [0.2, 0.25) is 5.95 Å². The van der Waals surface area contributed by atoms with E-state index in [9.17, 15) is 10.1 Å². The highest BCUT2D eigenvalue weighted by molar-refractivity contribution is 5.84. The Morgan fingerprint density at radius 2 is 2.03 bits per heavy atom. The summed E-state index contributed by atoms with van der Waals surface area (Å²) >= 11 is 0. The molecule has 0 radical (unpaired) electrons. The fourth-order valence-corrected chi connectivity index (χ4v) is 4.04. The van der Waals surface area contributed by atoms with Crippen molar-refractivity contribution in [2.24, 2.45) is 7.05 Å². The van der Waals surface area contributed by atoms with E-state index in [1.165, 1.54) is 15.5 Å². The van der Waals surface area contributed by atoms with Gasteiger partial charge < -0.3 is 10.1 Å². The molecule has 10 heteroatoms. The van der Waals surface area contributed by atoms with Crippen molar-refractivity contribution >= 4 is 33.7 Å². The minimum absolute atomic E-state index is 0.288. The van der Waals surface area contributed by atoms with Crippen LogP contribution in [0.25, 0.3) is 22.1 Å². The van der Waals surface area contributed by atoms with Gasteiger partial charge in [0, 0.05) is 50.4 Å². The third-order valence-electron chi connectivity index (χ3n) is 5.85. The lowest BCUT2D eigenvalue weighted by Gasteiger charge is -2.31. The number of rotatable bonds is 3. The number of nitriles is 1. The molecule has 156 valence electrons. The Hall–Kier alpha value is -3.84. The largest absolute Gasteiger partial charge is 0.381 e. The lowest BCUT2D eigenvalue weighted by atomic mass is 9.91. The number of aryl methyl sites for hydroxylation is 2. The lowest BCUT2D eigenvalue weighted by molar-refractivity contribution is 0.0448. The SMILES string of the molecule is Cc1cc2ncncc2cc1Nc1ncc2c(n1)n(C1(C#N)CCOCC1)c(=O)n2C. The molecule has 10 nitrogen and oxygen atoms in total. The van der Waals surface area contributed by atoms with Crippen LogP contribution in [0.2, 0.25) is 0 Å². The first-order valence-corrected chi connectivity index (χ1v) is 9.94. The van der Waals surface area contributed by atoms with E-state index in [1.54, 1.807) is 19.4 Å². The summed E-state index contributed by atoms with van der Waals surface area (Å²) in [7, 11) is 1.66. The molecule has 1 fully saturated rings. The van der Waals surface area contributed by atoms with Crippen molar-refractivity contribution in [2.75, 3.05) is 18.5 Å². The van der Waals surface area contributed by atoms with Crippen LogP contribution < -0.4 is 11.0 Å². The van der Waals surface area contributed by atoms with Gasteiger partial charge in [-0.1, -0.05) is 0 Å². The van der Waals surface area contributed by atoms with Crippen molar-refractivity contribution < 1.29 is 4.74 Å². The highest BCUT2D eigenvalue weighted by Gasteiger charge is 2.38. The number of hydrogen-bond acceptors (Lipinski definition) is 8. The second-order valence-corrected chi connectivity index (χ2v) is 7.71. The molecular weight excluding hydrogens is 396 g/mol. The Kier molecular flexibility index (Phi) is 4.41. The number of ether oxygens (including phenoxy) is 1. The zero-order valence-corrected chi connectivity index (χ0v) is 17.2. The third-order valence-corrected chi connectivity index (χ3v) is 5.85. The van der Waals surface area contributed by atoms with E-state index in [0.717, 1.165) is 22.2 Å². The molecule has 0 atom stereocenters. The summed E-state index contributed by atoms with van der Waals surface area (Å²) in [6.07, 6.45) is 5.72. The average Bonchev–Trinajstić information content (AvgIpc) is 3.04. The van der Waals surface area contributed by atoms with E-state index in [2.05, 4.69) is 31.3 Å². The fourth-order valence-electron chi connectivity index (χ4n) is 4.04. The van der Waals surface area contributed by atoms with Gasteiger partial charge >= 0.3 is 5.69 Å². The Balaban J connectivity index is 1.63. The van der Waals surface area contributed by atoms with Gasteiger partial charge in [-0.2, -0.15) is 10.2 Å². The highest BCUT2D eigenvalue weighted by atomic mass is 16.5. The third kappa shape index (κ3) is 3.02. The Labute approximate surface area is 177 Å². The molecular formula is C21H20N8O2. The predicted molar refractivity (Wildman–Crippen MR) is 114 cm³/mol. The van der Waals surface area contributed by atoms with E-state index in [1.807, 2.05) is 19.1 Å². The molecule has 0 bridgehead atoms. The fraction of sp³-hybridized carbons (Fsp3) is 0.333. The molecule has 0 spiro atoms. The number of hydrogen-bond donors (Lipinski definition) is 1. The second-order valence-electron chi connectivity index (χ2n) is 7.71. The number of nitrogens with zero attached hydrogens (tertiary/aromatic N) is 7.